The first-order valence-corrected chi connectivity index (χ1v) is 7.76. The number of hydrogen-bond acceptors (Lipinski definition) is 6. The van der Waals surface area contributed by atoms with Gasteiger partial charge in [-0.3, -0.25) is 4.98 Å². The Hall–Kier alpha value is -2.15. The number of nitrogen functional groups attached to an aromatic ring is 1. The number of pyridine rings is 1. The molecule has 2 rings (SSSR count). The fourth-order valence-corrected chi connectivity index (χ4v) is 2.28. The molecule has 0 aliphatic heterocycles. The predicted octanol–water partition coefficient (Wildman–Crippen LogP) is 1.25. The van der Waals surface area contributed by atoms with E-state index >= 15 is 0 Å². The number of aromatic nitrogens is 3. The van der Waals surface area contributed by atoms with Gasteiger partial charge in [0.05, 0.1) is 11.9 Å². The average molecular weight is 313 g/mol. The molecule has 0 spiro atoms. The number of nitrogens with zero attached hydrogens (tertiary/aromatic N) is 3. The van der Waals surface area contributed by atoms with E-state index in [1.807, 2.05) is 32.4 Å². The van der Waals surface area contributed by atoms with E-state index in [2.05, 4.69) is 21.9 Å². The number of aliphatic hydroxyl groups excluding tert-OH is 1. The number of aryl methyl sites for hydroxylation is 1. The van der Waals surface area contributed by atoms with Crippen LogP contribution in [0.5, 0.6) is 5.75 Å². The summed E-state index contributed by atoms with van der Waals surface area (Å²) >= 11 is 0. The van der Waals surface area contributed by atoms with Crippen molar-refractivity contribution in [3.8, 4) is 5.75 Å². The van der Waals surface area contributed by atoms with Crippen molar-refractivity contribution in [1.82, 2.24) is 15.0 Å². The van der Waals surface area contributed by atoms with E-state index < -0.39 is 0 Å². The molecule has 7 heteroatoms. The second-order valence-electron chi connectivity index (χ2n) is 5.43. The van der Waals surface area contributed by atoms with Crippen molar-refractivity contribution in [1.29, 1.82) is 0 Å². The molecule has 1 unspecified atom stereocenters. The Kier molecular flexibility index (Phi) is 6.34. The molecule has 2 aromatic rings. The van der Waals surface area contributed by atoms with Gasteiger partial charge in [-0.15, -0.1) is 0 Å². The number of nitrogens with two attached hydrogens (primary N) is 1. The summed E-state index contributed by atoms with van der Waals surface area (Å²) in [6.45, 7) is 4.40. The Bertz CT molecular complexity index is 639. The zero-order valence-corrected chi connectivity index (χ0v) is 13.6. The summed E-state index contributed by atoms with van der Waals surface area (Å²) in [5, 5.41) is 9.46. The number of aliphatic hydroxyl groups is 1. The Balaban J connectivity index is 2.11. The minimum Gasteiger partial charge on any atom is -0.485 e. The van der Waals surface area contributed by atoms with Crippen molar-refractivity contribution < 1.29 is 9.84 Å². The molecule has 1 radical (unpaired) electrons. The normalized spacial score (nSPS) is 12.0. The van der Waals surface area contributed by atoms with Gasteiger partial charge < -0.3 is 15.6 Å². The fraction of sp³-hybridized carbons (Fsp3) is 0.438. The molecule has 0 aliphatic carbocycles. The topological polar surface area (TPSA) is 94.2 Å². The molecule has 0 aromatic carbocycles. The SMILES string of the molecule is CCCC([B]c1nc(N)ncc1OCc1cccc(C)n1)CO. The molecule has 23 heavy (non-hydrogen) atoms. The van der Waals surface area contributed by atoms with Crippen LogP contribution in [0, 0.1) is 6.92 Å². The molecule has 2 heterocycles. The Morgan fingerprint density at radius 2 is 2.17 bits per heavy atom. The van der Waals surface area contributed by atoms with Crippen molar-refractivity contribution in [3.63, 3.8) is 0 Å². The van der Waals surface area contributed by atoms with Crippen LogP contribution >= 0.6 is 0 Å². The van der Waals surface area contributed by atoms with Gasteiger partial charge in [0.1, 0.15) is 12.4 Å². The lowest BCUT2D eigenvalue weighted by molar-refractivity contribution is 0.283. The second kappa shape index (κ2) is 8.48. The fourth-order valence-electron chi connectivity index (χ4n) is 2.28. The first-order valence-electron chi connectivity index (χ1n) is 7.76. The van der Waals surface area contributed by atoms with Crippen molar-refractivity contribution in [2.75, 3.05) is 12.3 Å². The Labute approximate surface area is 137 Å². The summed E-state index contributed by atoms with van der Waals surface area (Å²) in [6.07, 6.45) is 3.41. The van der Waals surface area contributed by atoms with Gasteiger partial charge in [0.15, 0.2) is 7.28 Å². The Morgan fingerprint density at radius 1 is 1.35 bits per heavy atom. The van der Waals surface area contributed by atoms with Crippen molar-refractivity contribution >= 4 is 18.8 Å². The van der Waals surface area contributed by atoms with E-state index in [9.17, 15) is 5.11 Å². The van der Waals surface area contributed by atoms with Crippen LogP contribution in [0.3, 0.4) is 0 Å². The third-order valence-electron chi connectivity index (χ3n) is 3.41. The van der Waals surface area contributed by atoms with E-state index in [1.165, 1.54) is 0 Å². The second-order valence-corrected chi connectivity index (χ2v) is 5.43. The highest BCUT2D eigenvalue weighted by molar-refractivity contribution is 6.55. The quantitative estimate of drug-likeness (QED) is 0.712. The maximum atomic E-state index is 9.46. The summed E-state index contributed by atoms with van der Waals surface area (Å²) in [5.41, 5.74) is 8.06. The van der Waals surface area contributed by atoms with Gasteiger partial charge in [-0.2, -0.15) is 0 Å². The van der Waals surface area contributed by atoms with Gasteiger partial charge in [0.25, 0.3) is 0 Å². The molecule has 6 nitrogen and oxygen atoms in total. The van der Waals surface area contributed by atoms with Crippen LogP contribution < -0.4 is 16.1 Å². The van der Waals surface area contributed by atoms with Crippen LogP contribution in [0.25, 0.3) is 0 Å². The molecular weight excluding hydrogens is 291 g/mol. The number of rotatable bonds is 8. The molecule has 0 bridgehead atoms. The van der Waals surface area contributed by atoms with Crippen LogP contribution in [-0.4, -0.2) is 33.9 Å². The van der Waals surface area contributed by atoms with E-state index in [1.54, 1.807) is 6.20 Å². The van der Waals surface area contributed by atoms with Gasteiger partial charge in [-0.25, -0.2) is 9.97 Å². The molecule has 0 fully saturated rings. The number of anilines is 1. The first-order chi connectivity index (χ1) is 11.1. The molecular formula is C16H22BN4O2. The highest BCUT2D eigenvalue weighted by atomic mass is 16.5. The van der Waals surface area contributed by atoms with Gasteiger partial charge in [0, 0.05) is 17.9 Å². The lowest BCUT2D eigenvalue weighted by Crippen LogP contribution is -2.28. The maximum absolute atomic E-state index is 9.46. The van der Waals surface area contributed by atoms with Crippen molar-refractivity contribution in [2.24, 2.45) is 0 Å². The Morgan fingerprint density at radius 3 is 2.87 bits per heavy atom. The minimum absolute atomic E-state index is 0.0220. The highest BCUT2D eigenvalue weighted by Gasteiger charge is 2.16. The van der Waals surface area contributed by atoms with Crippen LogP contribution in [-0.2, 0) is 6.61 Å². The summed E-state index contributed by atoms with van der Waals surface area (Å²) in [4.78, 5) is 12.6. The molecule has 3 N–H and O–H groups in total. The monoisotopic (exact) mass is 313 g/mol. The van der Waals surface area contributed by atoms with E-state index in [0.717, 1.165) is 24.2 Å². The van der Waals surface area contributed by atoms with Crippen LogP contribution in [0.1, 0.15) is 31.2 Å². The molecule has 121 valence electrons. The zero-order valence-electron chi connectivity index (χ0n) is 13.6. The average Bonchev–Trinajstić information content (AvgIpc) is 2.53. The lowest BCUT2D eigenvalue weighted by atomic mass is 9.60. The summed E-state index contributed by atoms with van der Waals surface area (Å²) in [6, 6.07) is 5.78. The molecule has 0 aliphatic rings. The molecule has 0 saturated heterocycles. The van der Waals surface area contributed by atoms with Gasteiger partial charge in [-0.1, -0.05) is 25.8 Å². The molecule has 0 amide bonds. The predicted molar refractivity (Wildman–Crippen MR) is 90.9 cm³/mol. The molecule has 1 atom stereocenters. The molecule has 0 saturated carbocycles. The smallest absolute Gasteiger partial charge is 0.219 e. The van der Waals surface area contributed by atoms with Gasteiger partial charge in [0.2, 0.25) is 5.95 Å². The minimum atomic E-state index is 0.0220. The van der Waals surface area contributed by atoms with Gasteiger partial charge in [-0.05, 0) is 24.9 Å². The summed E-state index contributed by atoms with van der Waals surface area (Å²) in [7, 11) is 1.89. The standard InChI is InChI=1S/C16H22BN4O2/c1-3-5-12(9-22)17-15-14(8-19-16(18)21-15)23-10-13-7-4-6-11(2)20-13/h4,6-8,12,22H,3,5,9-10H2,1-2H3,(H2,18,19,21). The number of hydrogen-bond donors (Lipinski definition) is 2. The maximum Gasteiger partial charge on any atom is 0.219 e. The summed E-state index contributed by atoms with van der Waals surface area (Å²) < 4.78 is 5.80. The van der Waals surface area contributed by atoms with Crippen molar-refractivity contribution in [3.05, 3.63) is 35.8 Å². The largest absolute Gasteiger partial charge is 0.485 e. The highest BCUT2D eigenvalue weighted by Crippen LogP contribution is 2.14. The van der Waals surface area contributed by atoms with Crippen LogP contribution in [0.2, 0.25) is 5.82 Å². The molecule has 2 aromatic heterocycles. The first kappa shape index (κ1) is 17.2. The van der Waals surface area contributed by atoms with E-state index in [0.29, 0.717) is 17.9 Å². The lowest BCUT2D eigenvalue weighted by Gasteiger charge is -2.15. The van der Waals surface area contributed by atoms with E-state index in [4.69, 9.17) is 10.5 Å². The summed E-state index contributed by atoms with van der Waals surface area (Å²) in [5.74, 6) is 0.747. The van der Waals surface area contributed by atoms with Crippen molar-refractivity contribution in [2.45, 2.75) is 39.1 Å². The third-order valence-corrected chi connectivity index (χ3v) is 3.41. The van der Waals surface area contributed by atoms with Crippen LogP contribution in [0.4, 0.5) is 5.95 Å². The third kappa shape index (κ3) is 5.21. The zero-order chi connectivity index (χ0) is 16.7. The van der Waals surface area contributed by atoms with Crippen LogP contribution in [0.15, 0.2) is 24.4 Å². The van der Waals surface area contributed by atoms with E-state index in [-0.39, 0.29) is 18.4 Å². The number of ether oxygens (including phenoxy) is 1. The van der Waals surface area contributed by atoms with Gasteiger partial charge >= 0.3 is 0 Å².